The van der Waals surface area contributed by atoms with Gasteiger partial charge < -0.3 is 4.90 Å². The largest absolute Gasteiger partial charge is 0.300 e. The lowest BCUT2D eigenvalue weighted by molar-refractivity contribution is 0.173. The molecule has 4 heteroatoms. The Morgan fingerprint density at radius 3 is 2.27 bits per heavy atom. The number of rotatable bonds is 11. The van der Waals surface area contributed by atoms with Crippen LogP contribution < -0.4 is 0 Å². The Labute approximate surface area is 210 Å². The molecule has 33 heavy (non-hydrogen) atoms. The van der Waals surface area contributed by atoms with E-state index in [2.05, 4.69) is 55.1 Å². The van der Waals surface area contributed by atoms with Gasteiger partial charge in [0.15, 0.2) is 0 Å². The minimum atomic E-state index is -0.624. The van der Waals surface area contributed by atoms with E-state index in [9.17, 15) is 5.26 Å². The fourth-order valence-corrected chi connectivity index (χ4v) is 6.37. The smallest absolute Gasteiger partial charge is 0.0879 e. The molecule has 2 aromatic carbocycles. The second-order valence-electron chi connectivity index (χ2n) is 9.67. The number of nitrogens with zero attached hydrogens (tertiary/aromatic N) is 2. The molecular weight excluding hydrogens is 447 g/mol. The SMILES string of the molecule is CCCN(CCc1ccccc1)C(C)CCC(C#N)(c1c(Cl)cccc1Cl)C1CCCCC1. The lowest BCUT2D eigenvalue weighted by Gasteiger charge is -2.40. The highest BCUT2D eigenvalue weighted by atomic mass is 35.5. The summed E-state index contributed by atoms with van der Waals surface area (Å²) in [5.41, 5.74) is 1.62. The zero-order valence-electron chi connectivity index (χ0n) is 20.2. The maximum atomic E-state index is 10.7. The van der Waals surface area contributed by atoms with E-state index in [4.69, 9.17) is 23.2 Å². The Morgan fingerprint density at radius 2 is 1.67 bits per heavy atom. The molecule has 0 heterocycles. The van der Waals surface area contributed by atoms with Gasteiger partial charge in [-0.25, -0.2) is 0 Å². The molecule has 0 bridgehead atoms. The predicted molar refractivity (Wildman–Crippen MR) is 141 cm³/mol. The van der Waals surface area contributed by atoms with Gasteiger partial charge in [0.2, 0.25) is 0 Å². The number of nitriles is 1. The number of hydrogen-bond acceptors (Lipinski definition) is 2. The first-order valence-corrected chi connectivity index (χ1v) is 13.4. The highest BCUT2D eigenvalue weighted by Gasteiger charge is 2.44. The van der Waals surface area contributed by atoms with Gasteiger partial charge in [0.05, 0.1) is 11.5 Å². The Balaban J connectivity index is 1.80. The minimum absolute atomic E-state index is 0.310. The van der Waals surface area contributed by atoms with Crippen molar-refractivity contribution in [1.29, 1.82) is 5.26 Å². The monoisotopic (exact) mass is 484 g/mol. The van der Waals surface area contributed by atoms with Crippen LogP contribution in [0.25, 0.3) is 0 Å². The summed E-state index contributed by atoms with van der Waals surface area (Å²) in [6.07, 6.45) is 9.72. The predicted octanol–water partition coefficient (Wildman–Crippen LogP) is 8.46. The summed E-state index contributed by atoms with van der Waals surface area (Å²) in [7, 11) is 0. The highest BCUT2D eigenvalue weighted by Crippen LogP contribution is 2.48. The molecule has 1 saturated carbocycles. The molecule has 1 fully saturated rings. The zero-order valence-corrected chi connectivity index (χ0v) is 21.7. The third kappa shape index (κ3) is 6.54. The van der Waals surface area contributed by atoms with Crippen LogP contribution in [0.1, 0.15) is 76.3 Å². The number of halogens is 2. The molecule has 0 N–H and O–H groups in total. The van der Waals surface area contributed by atoms with Crippen molar-refractivity contribution >= 4 is 23.2 Å². The first-order chi connectivity index (χ1) is 16.0. The average Bonchev–Trinajstić information content (AvgIpc) is 2.84. The van der Waals surface area contributed by atoms with Gasteiger partial charge in [-0.15, -0.1) is 0 Å². The van der Waals surface area contributed by atoms with E-state index in [1.165, 1.54) is 24.8 Å². The lowest BCUT2D eigenvalue weighted by Crippen LogP contribution is -2.40. The second kappa shape index (κ2) is 12.8. The maximum absolute atomic E-state index is 10.7. The van der Waals surface area contributed by atoms with Crippen molar-refractivity contribution in [2.24, 2.45) is 5.92 Å². The van der Waals surface area contributed by atoms with Crippen LogP contribution in [0.3, 0.4) is 0 Å². The third-order valence-electron chi connectivity index (χ3n) is 7.53. The molecule has 0 spiro atoms. The third-order valence-corrected chi connectivity index (χ3v) is 8.16. The van der Waals surface area contributed by atoms with Crippen molar-refractivity contribution in [2.75, 3.05) is 13.1 Å². The van der Waals surface area contributed by atoms with Crippen molar-refractivity contribution in [1.82, 2.24) is 4.90 Å². The van der Waals surface area contributed by atoms with E-state index in [1.807, 2.05) is 18.2 Å². The van der Waals surface area contributed by atoms with E-state index in [1.54, 1.807) is 0 Å². The summed E-state index contributed by atoms with van der Waals surface area (Å²) in [6.45, 7) is 6.67. The molecule has 1 aliphatic carbocycles. The summed E-state index contributed by atoms with van der Waals surface area (Å²) in [5.74, 6) is 0.310. The molecule has 2 nitrogen and oxygen atoms in total. The van der Waals surface area contributed by atoms with Gasteiger partial charge in [-0.3, -0.25) is 0 Å². The summed E-state index contributed by atoms with van der Waals surface area (Å²) < 4.78 is 0. The van der Waals surface area contributed by atoms with E-state index < -0.39 is 5.41 Å². The standard InChI is InChI=1S/C29H38Cl2N2/c1-3-20-33(21-18-24-11-6-4-7-12-24)23(2)17-19-29(22-32,25-13-8-5-9-14-25)28-26(30)15-10-16-27(28)31/h4,6-7,10-12,15-16,23,25H,3,5,8-9,13-14,17-21H2,1-2H3. The molecule has 0 aliphatic heterocycles. The molecular formula is C29H38Cl2N2. The summed E-state index contributed by atoms with van der Waals surface area (Å²) in [6, 6.07) is 19.6. The Morgan fingerprint density at radius 1 is 1.00 bits per heavy atom. The van der Waals surface area contributed by atoms with Crippen LogP contribution in [-0.4, -0.2) is 24.0 Å². The Kier molecular flexibility index (Phi) is 10.1. The molecule has 0 aromatic heterocycles. The molecule has 0 radical (unpaired) electrons. The van der Waals surface area contributed by atoms with Crippen LogP contribution in [0, 0.1) is 17.2 Å². The fourth-order valence-electron chi connectivity index (χ4n) is 5.63. The highest BCUT2D eigenvalue weighted by molar-refractivity contribution is 6.36. The first-order valence-electron chi connectivity index (χ1n) is 12.7. The van der Waals surface area contributed by atoms with Crippen molar-refractivity contribution in [2.45, 2.75) is 83.1 Å². The van der Waals surface area contributed by atoms with Crippen molar-refractivity contribution in [3.63, 3.8) is 0 Å². The van der Waals surface area contributed by atoms with E-state index in [0.717, 1.165) is 57.2 Å². The Hall–Kier alpha value is -1.53. The molecule has 2 aromatic rings. The molecule has 2 unspecified atom stereocenters. The molecule has 1 aliphatic rings. The maximum Gasteiger partial charge on any atom is 0.0879 e. The van der Waals surface area contributed by atoms with Crippen molar-refractivity contribution < 1.29 is 0 Å². The van der Waals surface area contributed by atoms with Crippen molar-refractivity contribution in [3.05, 3.63) is 69.7 Å². The quantitative estimate of drug-likeness (QED) is 0.319. The van der Waals surface area contributed by atoms with Gasteiger partial charge in [-0.2, -0.15) is 5.26 Å². The van der Waals surface area contributed by atoms with Crippen LogP contribution >= 0.6 is 23.2 Å². The molecule has 2 atom stereocenters. The van der Waals surface area contributed by atoms with Crippen LogP contribution in [-0.2, 0) is 11.8 Å². The second-order valence-corrected chi connectivity index (χ2v) is 10.5. The van der Waals surface area contributed by atoms with E-state index >= 15 is 0 Å². The molecule has 0 saturated heterocycles. The van der Waals surface area contributed by atoms with Gasteiger partial charge >= 0.3 is 0 Å². The van der Waals surface area contributed by atoms with Crippen LogP contribution in [0.2, 0.25) is 10.0 Å². The number of hydrogen-bond donors (Lipinski definition) is 0. The topological polar surface area (TPSA) is 27.0 Å². The fraction of sp³-hybridized carbons (Fsp3) is 0.552. The summed E-state index contributed by atoms with van der Waals surface area (Å²) >= 11 is 13.4. The summed E-state index contributed by atoms with van der Waals surface area (Å²) in [4.78, 5) is 2.59. The first kappa shape index (κ1) is 26.1. The van der Waals surface area contributed by atoms with Gasteiger partial charge in [0.25, 0.3) is 0 Å². The molecule has 3 rings (SSSR count). The van der Waals surface area contributed by atoms with Crippen LogP contribution in [0.4, 0.5) is 0 Å². The molecule has 178 valence electrons. The average molecular weight is 486 g/mol. The van der Waals surface area contributed by atoms with Crippen LogP contribution in [0.5, 0.6) is 0 Å². The summed E-state index contributed by atoms with van der Waals surface area (Å²) in [5, 5.41) is 11.9. The zero-order chi connectivity index (χ0) is 23.7. The van der Waals surface area contributed by atoms with Gasteiger partial charge in [-0.1, -0.05) is 85.8 Å². The van der Waals surface area contributed by atoms with Gasteiger partial charge in [0.1, 0.15) is 0 Å². The van der Waals surface area contributed by atoms with Crippen molar-refractivity contribution in [3.8, 4) is 6.07 Å². The minimum Gasteiger partial charge on any atom is -0.300 e. The Bertz CT molecular complexity index is 881. The number of benzene rings is 2. The van der Waals surface area contributed by atoms with Crippen LogP contribution in [0.15, 0.2) is 48.5 Å². The van der Waals surface area contributed by atoms with E-state index in [0.29, 0.717) is 22.0 Å². The normalized spacial score (nSPS) is 17.5. The molecule has 0 amide bonds. The van der Waals surface area contributed by atoms with E-state index in [-0.39, 0.29) is 0 Å². The lowest BCUT2D eigenvalue weighted by atomic mass is 9.63. The van der Waals surface area contributed by atoms with Gasteiger partial charge in [0, 0.05) is 28.2 Å². The van der Waals surface area contributed by atoms with Gasteiger partial charge in [-0.05, 0) is 75.6 Å².